The third kappa shape index (κ3) is 58.4. The van der Waals surface area contributed by atoms with Gasteiger partial charge in [-0.1, -0.05) is 244 Å². The summed E-state index contributed by atoms with van der Waals surface area (Å²) in [6, 6.07) is 0. The van der Waals surface area contributed by atoms with Gasteiger partial charge in [-0.2, -0.15) is 0 Å². The van der Waals surface area contributed by atoms with Gasteiger partial charge in [-0.3, -0.25) is 14.4 Å². The maximum atomic E-state index is 12.9. The number of unbranched alkanes of at least 4 members (excludes halogenated alkanes) is 20. The van der Waals surface area contributed by atoms with Gasteiger partial charge in [0.05, 0.1) is 0 Å². The Hall–Kier alpha value is -4.45. The summed E-state index contributed by atoms with van der Waals surface area (Å²) >= 11 is 0. The zero-order valence-electron chi connectivity index (χ0n) is 47.8. The normalized spacial score (nSPS) is 13.1. The smallest absolute Gasteiger partial charge is 0.306 e. The molecule has 0 aromatic rings. The minimum Gasteiger partial charge on any atom is -0.462 e. The largest absolute Gasteiger partial charge is 0.462 e. The van der Waals surface area contributed by atoms with E-state index in [-0.39, 0.29) is 37.5 Å². The molecular formula is C68H110O6. The van der Waals surface area contributed by atoms with Crippen molar-refractivity contribution in [2.75, 3.05) is 13.2 Å². The first-order valence-electron chi connectivity index (χ1n) is 30.2. The second-order valence-electron chi connectivity index (χ2n) is 19.5. The lowest BCUT2D eigenvalue weighted by Crippen LogP contribution is -2.30. The molecule has 0 aliphatic rings. The molecule has 0 bridgehead atoms. The summed E-state index contributed by atoms with van der Waals surface area (Å²) in [5, 5.41) is 0. The standard InChI is InChI=1S/C68H110O6/c1-4-7-10-13-16-19-22-24-26-28-30-32-34-36-38-40-42-44-46-49-52-55-58-61-67(70)73-64-65(63-72-66(69)60-57-54-51-48-21-18-15-12-9-6-3)74-68(71)62-59-56-53-50-47-45-43-41-39-37-35-33-31-29-27-25-23-20-17-14-11-8-5-2/h7,10,12,15-16,19,23-26,29-32,35-38,42,44,49,52,65H,4-6,8-9,11,13-14,17-18,20-22,27-28,33-34,39-41,43,45-48,50-51,53-64H2,1-3H3/b10-7-,15-12-,19-16-,25-23-,26-24-,31-29-,32-30-,37-35-,38-36-,44-42-,52-49-. The quantitative estimate of drug-likeness (QED) is 0.0261. The van der Waals surface area contributed by atoms with Crippen LogP contribution < -0.4 is 0 Å². The highest BCUT2D eigenvalue weighted by Gasteiger charge is 2.19. The molecule has 74 heavy (non-hydrogen) atoms. The second-order valence-corrected chi connectivity index (χ2v) is 19.5. The van der Waals surface area contributed by atoms with Gasteiger partial charge in [0.25, 0.3) is 0 Å². The molecule has 0 radical (unpaired) electrons. The summed E-state index contributed by atoms with van der Waals surface area (Å²) in [6.45, 7) is 6.39. The summed E-state index contributed by atoms with van der Waals surface area (Å²) in [4.78, 5) is 38.1. The van der Waals surface area contributed by atoms with E-state index in [1.807, 2.05) is 0 Å². The van der Waals surface area contributed by atoms with Crippen molar-refractivity contribution in [2.24, 2.45) is 0 Å². The van der Waals surface area contributed by atoms with E-state index in [0.717, 1.165) is 128 Å². The fourth-order valence-electron chi connectivity index (χ4n) is 7.85. The van der Waals surface area contributed by atoms with Crippen molar-refractivity contribution >= 4 is 17.9 Å². The lowest BCUT2D eigenvalue weighted by atomic mass is 10.1. The van der Waals surface area contributed by atoms with Gasteiger partial charge >= 0.3 is 17.9 Å². The van der Waals surface area contributed by atoms with Crippen molar-refractivity contribution in [3.8, 4) is 0 Å². The molecule has 0 N–H and O–H groups in total. The van der Waals surface area contributed by atoms with Crippen LogP contribution in [0.25, 0.3) is 0 Å². The van der Waals surface area contributed by atoms with Gasteiger partial charge in [-0.05, 0) is 128 Å². The van der Waals surface area contributed by atoms with Crippen molar-refractivity contribution in [1.82, 2.24) is 0 Å². The average molecular weight is 1020 g/mol. The van der Waals surface area contributed by atoms with Gasteiger partial charge in [0.15, 0.2) is 6.10 Å². The average Bonchev–Trinajstić information content (AvgIpc) is 3.40. The van der Waals surface area contributed by atoms with Crippen molar-refractivity contribution in [3.63, 3.8) is 0 Å². The molecule has 6 nitrogen and oxygen atoms in total. The molecule has 0 heterocycles. The van der Waals surface area contributed by atoms with Gasteiger partial charge in [0.1, 0.15) is 13.2 Å². The Labute approximate surface area is 455 Å². The van der Waals surface area contributed by atoms with E-state index >= 15 is 0 Å². The zero-order chi connectivity index (χ0) is 53.6. The number of allylic oxidation sites excluding steroid dienone is 22. The molecule has 0 aromatic heterocycles. The molecule has 0 aliphatic carbocycles. The van der Waals surface area contributed by atoms with E-state index < -0.39 is 6.10 Å². The Kier molecular flexibility index (Phi) is 57.4. The number of esters is 3. The lowest BCUT2D eigenvalue weighted by Gasteiger charge is -2.18. The van der Waals surface area contributed by atoms with Gasteiger partial charge < -0.3 is 14.2 Å². The van der Waals surface area contributed by atoms with E-state index in [1.165, 1.54) is 83.5 Å². The Bertz CT molecular complexity index is 1600. The van der Waals surface area contributed by atoms with Crippen molar-refractivity contribution in [3.05, 3.63) is 134 Å². The van der Waals surface area contributed by atoms with Gasteiger partial charge in [0, 0.05) is 19.3 Å². The Morgan fingerprint density at radius 3 is 0.946 bits per heavy atom. The molecule has 0 rings (SSSR count). The fourth-order valence-corrected chi connectivity index (χ4v) is 7.85. The summed E-state index contributed by atoms with van der Waals surface area (Å²) in [7, 11) is 0. The van der Waals surface area contributed by atoms with Crippen LogP contribution >= 0.6 is 0 Å². The highest BCUT2D eigenvalue weighted by Crippen LogP contribution is 2.14. The summed E-state index contributed by atoms with van der Waals surface area (Å²) in [5.41, 5.74) is 0. The molecule has 418 valence electrons. The van der Waals surface area contributed by atoms with Crippen LogP contribution in [0, 0.1) is 0 Å². The number of ether oxygens (including phenoxy) is 3. The van der Waals surface area contributed by atoms with Crippen LogP contribution in [-0.2, 0) is 28.6 Å². The van der Waals surface area contributed by atoms with Gasteiger partial charge in [0.2, 0.25) is 0 Å². The van der Waals surface area contributed by atoms with Crippen LogP contribution in [0.5, 0.6) is 0 Å². The SMILES string of the molecule is CC/C=C\C/C=C\C/C=C\C/C=C\C/C=C\C/C=C\C/C=C\CCCC(=O)OCC(COC(=O)CCCCCCC/C=C\CCC)OC(=O)CCCCCCCCCC/C=C\C/C=C\C/C=C\CCCCCCC. The molecule has 0 aromatic carbocycles. The predicted octanol–water partition coefficient (Wildman–Crippen LogP) is 20.6. The topological polar surface area (TPSA) is 78.9 Å². The van der Waals surface area contributed by atoms with E-state index in [2.05, 4.69) is 154 Å². The van der Waals surface area contributed by atoms with Gasteiger partial charge in [-0.25, -0.2) is 0 Å². The van der Waals surface area contributed by atoms with Crippen LogP contribution in [0.1, 0.15) is 258 Å². The molecule has 1 unspecified atom stereocenters. The van der Waals surface area contributed by atoms with Crippen LogP contribution in [0.3, 0.4) is 0 Å². The lowest BCUT2D eigenvalue weighted by molar-refractivity contribution is -0.167. The molecule has 0 spiro atoms. The Morgan fingerprint density at radius 1 is 0.284 bits per heavy atom. The third-order valence-electron chi connectivity index (χ3n) is 12.3. The first kappa shape index (κ1) is 69.5. The fraction of sp³-hybridized carbons (Fsp3) is 0.632. The molecule has 0 saturated carbocycles. The predicted molar refractivity (Wildman–Crippen MR) is 320 cm³/mol. The van der Waals surface area contributed by atoms with E-state index in [1.54, 1.807) is 0 Å². The van der Waals surface area contributed by atoms with Crippen LogP contribution in [-0.4, -0.2) is 37.2 Å². The minimum atomic E-state index is -0.814. The number of rotatable bonds is 53. The van der Waals surface area contributed by atoms with Crippen LogP contribution in [0.15, 0.2) is 134 Å². The van der Waals surface area contributed by atoms with E-state index in [0.29, 0.717) is 19.3 Å². The van der Waals surface area contributed by atoms with E-state index in [9.17, 15) is 14.4 Å². The summed E-state index contributed by atoms with van der Waals surface area (Å²) in [5.74, 6) is -0.990. The number of hydrogen-bond acceptors (Lipinski definition) is 6. The monoisotopic (exact) mass is 1020 g/mol. The molecule has 6 heteroatoms. The first-order chi connectivity index (χ1) is 36.5. The van der Waals surface area contributed by atoms with E-state index in [4.69, 9.17) is 14.2 Å². The number of carbonyl (C=O) groups excluding carboxylic acids is 3. The third-order valence-corrected chi connectivity index (χ3v) is 12.3. The number of carbonyl (C=O) groups is 3. The minimum absolute atomic E-state index is 0.108. The van der Waals surface area contributed by atoms with Gasteiger partial charge in [-0.15, -0.1) is 0 Å². The van der Waals surface area contributed by atoms with Crippen molar-refractivity contribution < 1.29 is 28.6 Å². The maximum absolute atomic E-state index is 12.9. The maximum Gasteiger partial charge on any atom is 0.306 e. The van der Waals surface area contributed by atoms with Crippen molar-refractivity contribution in [1.29, 1.82) is 0 Å². The second kappa shape index (κ2) is 61.1. The molecule has 0 aliphatic heterocycles. The highest BCUT2D eigenvalue weighted by atomic mass is 16.6. The molecule has 0 amide bonds. The molecular weight excluding hydrogens is 913 g/mol. The first-order valence-corrected chi connectivity index (χ1v) is 30.2. The molecule has 1 atom stereocenters. The Morgan fingerprint density at radius 2 is 0.568 bits per heavy atom. The highest BCUT2D eigenvalue weighted by molar-refractivity contribution is 5.71. The van der Waals surface area contributed by atoms with Crippen molar-refractivity contribution in [2.45, 2.75) is 264 Å². The van der Waals surface area contributed by atoms with Crippen LogP contribution in [0.4, 0.5) is 0 Å². The van der Waals surface area contributed by atoms with Crippen LogP contribution in [0.2, 0.25) is 0 Å². The Balaban J connectivity index is 4.43. The molecule has 0 saturated heterocycles. The zero-order valence-corrected chi connectivity index (χ0v) is 47.8. The summed E-state index contributed by atoms with van der Waals surface area (Å²) < 4.78 is 16.8. The summed E-state index contributed by atoms with van der Waals surface area (Å²) in [6.07, 6.45) is 86.0. The molecule has 0 fully saturated rings. The number of hydrogen-bond donors (Lipinski definition) is 0.